The van der Waals surface area contributed by atoms with Crippen molar-refractivity contribution in [2.45, 2.75) is 0 Å². The van der Waals surface area contributed by atoms with Crippen molar-refractivity contribution in [3.63, 3.8) is 0 Å². The first-order chi connectivity index (χ1) is 11.7. The Balaban J connectivity index is 1.86. The molecule has 0 radical (unpaired) electrons. The van der Waals surface area contributed by atoms with E-state index in [0.29, 0.717) is 22.9 Å². The Morgan fingerprint density at radius 1 is 1.08 bits per heavy atom. The molecule has 6 heteroatoms. The standard InChI is InChI=1S/C18H15N3O3/c1-24-17(23)13-7-9-14(10-8-13)19-18-20-15(11-16(22)21-18)12-5-3-2-4-6-12/h2-11H,1H3,(H2,19,20,21,22). The van der Waals surface area contributed by atoms with Crippen LogP contribution in [-0.2, 0) is 4.74 Å². The first-order valence-corrected chi connectivity index (χ1v) is 7.28. The largest absolute Gasteiger partial charge is 0.465 e. The molecule has 0 amide bonds. The first kappa shape index (κ1) is 15.5. The van der Waals surface area contributed by atoms with E-state index < -0.39 is 5.97 Å². The Hall–Kier alpha value is -3.41. The highest BCUT2D eigenvalue weighted by Gasteiger charge is 2.06. The van der Waals surface area contributed by atoms with Crippen LogP contribution >= 0.6 is 0 Å². The van der Waals surface area contributed by atoms with Crippen molar-refractivity contribution in [1.82, 2.24) is 9.97 Å². The van der Waals surface area contributed by atoms with Gasteiger partial charge in [-0.15, -0.1) is 0 Å². The van der Waals surface area contributed by atoms with Crippen molar-refractivity contribution in [2.75, 3.05) is 12.4 Å². The molecular formula is C18H15N3O3. The topological polar surface area (TPSA) is 84.1 Å². The van der Waals surface area contributed by atoms with Crippen molar-refractivity contribution >= 4 is 17.6 Å². The lowest BCUT2D eigenvalue weighted by Crippen LogP contribution is -2.10. The predicted molar refractivity (Wildman–Crippen MR) is 91.4 cm³/mol. The third-order valence-electron chi connectivity index (χ3n) is 3.38. The number of carbonyl (C=O) groups excluding carboxylic acids is 1. The van der Waals surface area contributed by atoms with Crippen LogP contribution in [0.1, 0.15) is 10.4 Å². The van der Waals surface area contributed by atoms with Gasteiger partial charge in [-0.2, -0.15) is 0 Å². The summed E-state index contributed by atoms with van der Waals surface area (Å²) in [6.45, 7) is 0. The van der Waals surface area contributed by atoms with Gasteiger partial charge in [0.25, 0.3) is 5.56 Å². The average molecular weight is 321 g/mol. The third kappa shape index (κ3) is 3.49. The first-order valence-electron chi connectivity index (χ1n) is 7.28. The monoisotopic (exact) mass is 321 g/mol. The Labute approximate surface area is 138 Å². The number of aromatic nitrogens is 2. The van der Waals surface area contributed by atoms with E-state index in [1.165, 1.54) is 13.2 Å². The van der Waals surface area contributed by atoms with E-state index in [1.807, 2.05) is 30.3 Å². The molecule has 1 heterocycles. The van der Waals surface area contributed by atoms with Crippen molar-refractivity contribution in [1.29, 1.82) is 0 Å². The Morgan fingerprint density at radius 3 is 2.46 bits per heavy atom. The predicted octanol–water partition coefficient (Wildman–Crippen LogP) is 2.97. The highest BCUT2D eigenvalue weighted by molar-refractivity contribution is 5.89. The molecule has 24 heavy (non-hydrogen) atoms. The van der Waals surface area contributed by atoms with Gasteiger partial charge in [-0.3, -0.25) is 9.78 Å². The molecule has 0 fully saturated rings. The number of aromatic amines is 1. The van der Waals surface area contributed by atoms with E-state index in [-0.39, 0.29) is 5.56 Å². The number of H-pyrrole nitrogens is 1. The number of nitrogens with one attached hydrogen (secondary N) is 2. The van der Waals surface area contributed by atoms with Crippen LogP contribution in [0.25, 0.3) is 11.3 Å². The van der Waals surface area contributed by atoms with Crippen molar-refractivity contribution in [2.24, 2.45) is 0 Å². The van der Waals surface area contributed by atoms with Gasteiger partial charge in [-0.1, -0.05) is 30.3 Å². The van der Waals surface area contributed by atoms with Crippen molar-refractivity contribution in [3.8, 4) is 11.3 Å². The van der Waals surface area contributed by atoms with Crippen molar-refractivity contribution < 1.29 is 9.53 Å². The normalized spacial score (nSPS) is 10.2. The number of hydrogen-bond acceptors (Lipinski definition) is 5. The van der Waals surface area contributed by atoms with Gasteiger partial charge in [0.1, 0.15) is 0 Å². The molecule has 0 aliphatic heterocycles. The number of ether oxygens (including phenoxy) is 1. The van der Waals surface area contributed by atoms with E-state index in [0.717, 1.165) is 5.56 Å². The number of methoxy groups -OCH3 is 1. The van der Waals surface area contributed by atoms with Gasteiger partial charge in [0.2, 0.25) is 5.95 Å². The summed E-state index contributed by atoms with van der Waals surface area (Å²) < 4.78 is 4.66. The summed E-state index contributed by atoms with van der Waals surface area (Å²) in [5, 5.41) is 3.02. The molecule has 0 aliphatic rings. The minimum Gasteiger partial charge on any atom is -0.465 e. The second-order valence-corrected chi connectivity index (χ2v) is 5.04. The van der Waals surface area contributed by atoms with Gasteiger partial charge in [-0.05, 0) is 24.3 Å². The van der Waals surface area contributed by atoms with Crippen LogP contribution in [-0.4, -0.2) is 23.0 Å². The van der Waals surface area contributed by atoms with E-state index in [2.05, 4.69) is 20.0 Å². The van der Waals surface area contributed by atoms with Gasteiger partial charge >= 0.3 is 5.97 Å². The number of rotatable bonds is 4. The summed E-state index contributed by atoms with van der Waals surface area (Å²) in [5.41, 5.74) is 2.32. The molecule has 3 rings (SSSR count). The molecule has 0 unspecified atom stereocenters. The Kier molecular flexibility index (Phi) is 4.38. The minimum atomic E-state index is -0.404. The molecule has 6 nitrogen and oxygen atoms in total. The zero-order valence-electron chi connectivity index (χ0n) is 12.9. The molecule has 0 aliphatic carbocycles. The van der Waals surface area contributed by atoms with Gasteiger partial charge in [0.15, 0.2) is 0 Å². The summed E-state index contributed by atoms with van der Waals surface area (Å²) in [6.07, 6.45) is 0. The number of hydrogen-bond donors (Lipinski definition) is 2. The smallest absolute Gasteiger partial charge is 0.337 e. The molecule has 2 aromatic carbocycles. The van der Waals surface area contributed by atoms with Gasteiger partial charge in [0.05, 0.1) is 18.4 Å². The molecule has 3 aromatic rings. The molecule has 2 N–H and O–H groups in total. The van der Waals surface area contributed by atoms with Crippen LogP contribution in [0.15, 0.2) is 65.5 Å². The maximum absolute atomic E-state index is 11.9. The highest BCUT2D eigenvalue weighted by Crippen LogP contribution is 2.18. The van der Waals surface area contributed by atoms with Crippen LogP contribution in [0.4, 0.5) is 11.6 Å². The molecule has 0 saturated carbocycles. The van der Waals surface area contributed by atoms with Crippen LogP contribution < -0.4 is 10.9 Å². The zero-order valence-corrected chi connectivity index (χ0v) is 12.9. The number of anilines is 2. The molecule has 0 atom stereocenters. The van der Waals surface area contributed by atoms with Crippen molar-refractivity contribution in [3.05, 3.63) is 76.6 Å². The summed E-state index contributed by atoms with van der Waals surface area (Å²) in [4.78, 5) is 30.3. The summed E-state index contributed by atoms with van der Waals surface area (Å²) in [5.74, 6) is -0.0775. The van der Waals surface area contributed by atoms with Gasteiger partial charge < -0.3 is 10.1 Å². The van der Waals surface area contributed by atoms with Gasteiger partial charge in [-0.25, -0.2) is 9.78 Å². The molecule has 0 spiro atoms. The van der Waals surface area contributed by atoms with E-state index >= 15 is 0 Å². The summed E-state index contributed by atoms with van der Waals surface area (Å²) in [7, 11) is 1.33. The molecule has 0 bridgehead atoms. The average Bonchev–Trinajstić information content (AvgIpc) is 2.62. The molecule has 120 valence electrons. The Bertz CT molecular complexity index is 903. The minimum absolute atomic E-state index is 0.252. The second-order valence-electron chi connectivity index (χ2n) is 5.04. The maximum atomic E-state index is 11.9. The van der Waals surface area contributed by atoms with Gasteiger partial charge in [0, 0.05) is 17.3 Å². The fourth-order valence-corrected chi connectivity index (χ4v) is 2.22. The number of benzene rings is 2. The third-order valence-corrected chi connectivity index (χ3v) is 3.38. The van der Waals surface area contributed by atoms with E-state index in [9.17, 15) is 9.59 Å². The van der Waals surface area contributed by atoms with E-state index in [4.69, 9.17) is 0 Å². The lowest BCUT2D eigenvalue weighted by molar-refractivity contribution is 0.0601. The van der Waals surface area contributed by atoms with Crippen LogP contribution in [0.5, 0.6) is 0 Å². The Morgan fingerprint density at radius 2 is 1.79 bits per heavy atom. The van der Waals surface area contributed by atoms with E-state index in [1.54, 1.807) is 24.3 Å². The van der Waals surface area contributed by atoms with Crippen LogP contribution in [0.2, 0.25) is 0 Å². The summed E-state index contributed by atoms with van der Waals surface area (Å²) in [6, 6.07) is 17.6. The number of nitrogens with zero attached hydrogens (tertiary/aromatic N) is 1. The number of esters is 1. The van der Waals surface area contributed by atoms with Crippen LogP contribution in [0.3, 0.4) is 0 Å². The van der Waals surface area contributed by atoms with Crippen LogP contribution in [0, 0.1) is 0 Å². The highest BCUT2D eigenvalue weighted by atomic mass is 16.5. The lowest BCUT2D eigenvalue weighted by Gasteiger charge is -2.08. The summed E-state index contributed by atoms with van der Waals surface area (Å²) >= 11 is 0. The molecule has 0 saturated heterocycles. The second kappa shape index (κ2) is 6.78. The SMILES string of the molecule is COC(=O)c1ccc(Nc2nc(-c3ccccc3)cc(=O)[nH]2)cc1. The zero-order chi connectivity index (χ0) is 16.9. The quantitative estimate of drug-likeness (QED) is 0.722. The lowest BCUT2D eigenvalue weighted by atomic mass is 10.1. The molecular weight excluding hydrogens is 306 g/mol. The fraction of sp³-hybridized carbons (Fsp3) is 0.0556. The molecule has 1 aromatic heterocycles. The maximum Gasteiger partial charge on any atom is 0.337 e. The number of carbonyl (C=O) groups is 1. The fourth-order valence-electron chi connectivity index (χ4n) is 2.22.